The molecule has 6 heteroatoms. The molecule has 0 bridgehead atoms. The van der Waals surface area contributed by atoms with Gasteiger partial charge in [-0.3, -0.25) is 14.5 Å². The number of carboxylic acid groups (broad SMARTS) is 1. The van der Waals surface area contributed by atoms with Crippen molar-refractivity contribution in [1.29, 1.82) is 0 Å². The number of pyridine rings is 1. The molecular formula is C13H13N3O3. The van der Waals surface area contributed by atoms with Crippen molar-refractivity contribution >= 4 is 17.7 Å². The standard InChI is InChI=1S/C13H13N3O3/c17-12(18)6-9-16(11-5-1-2-7-15-11)13(19)10-4-3-8-14-10/h1-5,7-8,14H,6,9H2,(H,17,18). The van der Waals surface area contributed by atoms with Gasteiger partial charge in [-0.15, -0.1) is 0 Å². The zero-order chi connectivity index (χ0) is 13.7. The molecule has 0 aliphatic rings. The zero-order valence-electron chi connectivity index (χ0n) is 10.1. The minimum atomic E-state index is -0.958. The summed E-state index contributed by atoms with van der Waals surface area (Å²) in [7, 11) is 0. The maximum atomic E-state index is 12.3. The van der Waals surface area contributed by atoms with E-state index in [0.29, 0.717) is 11.5 Å². The average Bonchev–Trinajstić information content (AvgIpc) is 2.93. The van der Waals surface area contributed by atoms with Crippen LogP contribution < -0.4 is 4.90 Å². The molecule has 2 rings (SSSR count). The predicted octanol–water partition coefficient (Wildman–Crippen LogP) is 1.53. The highest BCUT2D eigenvalue weighted by Crippen LogP contribution is 2.13. The van der Waals surface area contributed by atoms with E-state index < -0.39 is 5.97 Å². The molecule has 19 heavy (non-hydrogen) atoms. The maximum Gasteiger partial charge on any atom is 0.305 e. The van der Waals surface area contributed by atoms with Gasteiger partial charge in [0.25, 0.3) is 5.91 Å². The molecule has 0 fully saturated rings. The lowest BCUT2D eigenvalue weighted by atomic mass is 10.3. The Balaban J connectivity index is 2.24. The Labute approximate surface area is 109 Å². The van der Waals surface area contributed by atoms with E-state index in [1.807, 2.05) is 0 Å². The Morgan fingerprint density at radius 1 is 1.26 bits per heavy atom. The van der Waals surface area contributed by atoms with Crippen LogP contribution in [0.3, 0.4) is 0 Å². The highest BCUT2D eigenvalue weighted by atomic mass is 16.4. The molecule has 2 aromatic rings. The molecule has 0 saturated heterocycles. The van der Waals surface area contributed by atoms with Crippen LogP contribution in [-0.4, -0.2) is 33.5 Å². The molecule has 0 saturated carbocycles. The van der Waals surface area contributed by atoms with E-state index in [4.69, 9.17) is 5.11 Å². The first-order chi connectivity index (χ1) is 9.18. The van der Waals surface area contributed by atoms with Crippen molar-refractivity contribution in [3.63, 3.8) is 0 Å². The van der Waals surface area contributed by atoms with Crippen molar-refractivity contribution < 1.29 is 14.7 Å². The van der Waals surface area contributed by atoms with E-state index in [0.717, 1.165) is 0 Å². The first-order valence-electron chi connectivity index (χ1n) is 5.76. The van der Waals surface area contributed by atoms with Crippen molar-refractivity contribution in [3.05, 3.63) is 48.4 Å². The van der Waals surface area contributed by atoms with Gasteiger partial charge in [-0.05, 0) is 24.3 Å². The van der Waals surface area contributed by atoms with E-state index in [1.54, 1.807) is 42.7 Å². The summed E-state index contributed by atoms with van der Waals surface area (Å²) in [5.41, 5.74) is 0.399. The molecule has 0 aliphatic carbocycles. The van der Waals surface area contributed by atoms with E-state index in [9.17, 15) is 9.59 Å². The van der Waals surface area contributed by atoms with Gasteiger partial charge >= 0.3 is 5.97 Å². The fourth-order valence-electron chi connectivity index (χ4n) is 1.65. The Morgan fingerprint density at radius 3 is 2.68 bits per heavy atom. The van der Waals surface area contributed by atoms with Crippen LogP contribution in [0.1, 0.15) is 16.9 Å². The van der Waals surface area contributed by atoms with Gasteiger partial charge in [-0.25, -0.2) is 4.98 Å². The lowest BCUT2D eigenvalue weighted by molar-refractivity contribution is -0.136. The summed E-state index contributed by atoms with van der Waals surface area (Å²) in [6.45, 7) is 0.0736. The van der Waals surface area contributed by atoms with Crippen molar-refractivity contribution in [2.24, 2.45) is 0 Å². The number of carboxylic acids is 1. The molecule has 2 N–H and O–H groups in total. The van der Waals surface area contributed by atoms with Crippen LogP contribution in [0.25, 0.3) is 0 Å². The van der Waals surface area contributed by atoms with Gasteiger partial charge in [0.15, 0.2) is 0 Å². The van der Waals surface area contributed by atoms with Gasteiger partial charge < -0.3 is 10.1 Å². The van der Waals surface area contributed by atoms with Crippen molar-refractivity contribution in [2.45, 2.75) is 6.42 Å². The minimum absolute atomic E-state index is 0.0736. The topological polar surface area (TPSA) is 86.3 Å². The molecular weight excluding hydrogens is 246 g/mol. The van der Waals surface area contributed by atoms with Crippen LogP contribution >= 0.6 is 0 Å². The van der Waals surface area contributed by atoms with Crippen molar-refractivity contribution in [1.82, 2.24) is 9.97 Å². The summed E-state index contributed by atoms with van der Waals surface area (Å²) >= 11 is 0. The van der Waals surface area contributed by atoms with Crippen molar-refractivity contribution in [2.75, 3.05) is 11.4 Å². The van der Waals surface area contributed by atoms with Crippen LogP contribution in [0.15, 0.2) is 42.7 Å². The van der Waals surface area contributed by atoms with Crippen LogP contribution in [0.2, 0.25) is 0 Å². The zero-order valence-corrected chi connectivity index (χ0v) is 10.1. The summed E-state index contributed by atoms with van der Waals surface area (Å²) < 4.78 is 0. The second-order valence-electron chi connectivity index (χ2n) is 3.87. The van der Waals surface area contributed by atoms with Gasteiger partial charge in [0, 0.05) is 18.9 Å². The highest BCUT2D eigenvalue weighted by Gasteiger charge is 2.19. The van der Waals surface area contributed by atoms with Crippen LogP contribution in [0.4, 0.5) is 5.82 Å². The number of hydrogen-bond acceptors (Lipinski definition) is 3. The number of rotatable bonds is 5. The lowest BCUT2D eigenvalue weighted by Gasteiger charge is -2.20. The van der Waals surface area contributed by atoms with Gasteiger partial charge in [-0.2, -0.15) is 0 Å². The third kappa shape index (κ3) is 3.19. The fourth-order valence-corrected chi connectivity index (χ4v) is 1.65. The van der Waals surface area contributed by atoms with Crippen LogP contribution in [-0.2, 0) is 4.79 Å². The second-order valence-corrected chi connectivity index (χ2v) is 3.87. The first-order valence-corrected chi connectivity index (χ1v) is 5.76. The number of nitrogens with zero attached hydrogens (tertiary/aromatic N) is 2. The highest BCUT2D eigenvalue weighted by molar-refractivity contribution is 6.04. The molecule has 0 aliphatic heterocycles. The van der Waals surface area contributed by atoms with Gasteiger partial charge in [0.05, 0.1) is 6.42 Å². The Morgan fingerprint density at radius 2 is 2.11 bits per heavy atom. The molecule has 2 aromatic heterocycles. The van der Waals surface area contributed by atoms with E-state index in [2.05, 4.69) is 9.97 Å². The van der Waals surface area contributed by atoms with Crippen LogP contribution in [0, 0.1) is 0 Å². The molecule has 0 atom stereocenters. The SMILES string of the molecule is O=C(O)CCN(C(=O)c1ccc[nH]1)c1ccccn1. The molecule has 2 heterocycles. The average molecular weight is 259 g/mol. The van der Waals surface area contributed by atoms with Gasteiger partial charge in [0.2, 0.25) is 0 Å². The predicted molar refractivity (Wildman–Crippen MR) is 69.0 cm³/mol. The number of carbonyl (C=O) groups excluding carboxylic acids is 1. The van der Waals surface area contributed by atoms with E-state index in [1.165, 1.54) is 4.90 Å². The normalized spacial score (nSPS) is 10.1. The third-order valence-corrected chi connectivity index (χ3v) is 2.55. The Kier molecular flexibility index (Phi) is 3.92. The monoisotopic (exact) mass is 259 g/mol. The lowest BCUT2D eigenvalue weighted by Crippen LogP contribution is -2.33. The molecule has 6 nitrogen and oxygen atoms in total. The third-order valence-electron chi connectivity index (χ3n) is 2.55. The summed E-state index contributed by atoms with van der Waals surface area (Å²) in [5.74, 6) is -0.825. The molecule has 0 aromatic carbocycles. The van der Waals surface area contributed by atoms with Crippen molar-refractivity contribution in [3.8, 4) is 0 Å². The first kappa shape index (κ1) is 12.8. The maximum absolute atomic E-state index is 12.3. The summed E-state index contributed by atoms with van der Waals surface area (Å²) in [4.78, 5) is 31.2. The summed E-state index contributed by atoms with van der Waals surface area (Å²) in [6.07, 6.45) is 3.06. The number of amides is 1. The van der Waals surface area contributed by atoms with Crippen LogP contribution in [0.5, 0.6) is 0 Å². The summed E-state index contributed by atoms with van der Waals surface area (Å²) in [6, 6.07) is 8.50. The molecule has 0 radical (unpaired) electrons. The molecule has 98 valence electrons. The number of nitrogens with one attached hydrogen (secondary N) is 1. The number of aromatic nitrogens is 2. The number of aromatic amines is 1. The number of aliphatic carboxylic acids is 1. The number of carbonyl (C=O) groups is 2. The number of anilines is 1. The molecule has 0 unspecified atom stereocenters. The molecule has 1 amide bonds. The number of hydrogen-bond donors (Lipinski definition) is 2. The van der Waals surface area contributed by atoms with Gasteiger partial charge in [0.1, 0.15) is 11.5 Å². The number of H-pyrrole nitrogens is 1. The molecule has 0 spiro atoms. The quantitative estimate of drug-likeness (QED) is 0.852. The largest absolute Gasteiger partial charge is 0.481 e. The summed E-state index contributed by atoms with van der Waals surface area (Å²) in [5, 5.41) is 8.76. The van der Waals surface area contributed by atoms with E-state index >= 15 is 0 Å². The fraction of sp³-hybridized carbons (Fsp3) is 0.154. The smallest absolute Gasteiger partial charge is 0.305 e. The Bertz CT molecular complexity index is 552. The van der Waals surface area contributed by atoms with Gasteiger partial charge in [-0.1, -0.05) is 6.07 Å². The Hall–Kier alpha value is -2.63. The van der Waals surface area contributed by atoms with E-state index in [-0.39, 0.29) is 18.9 Å². The second kappa shape index (κ2) is 5.81. The minimum Gasteiger partial charge on any atom is -0.481 e.